The van der Waals surface area contributed by atoms with E-state index in [1.54, 1.807) is 7.11 Å². The molecule has 0 aliphatic rings. The largest absolute Gasteiger partial charge is 0.497 e. The predicted octanol–water partition coefficient (Wildman–Crippen LogP) is 3.79. The quantitative estimate of drug-likeness (QED) is 0.831. The lowest BCUT2D eigenvalue weighted by Gasteiger charge is -2.18. The Balaban J connectivity index is 2.06. The molecule has 0 unspecified atom stereocenters. The molecule has 1 aromatic carbocycles. The van der Waals surface area contributed by atoms with Gasteiger partial charge in [0.05, 0.1) is 12.8 Å². The number of hydrogen-bond acceptors (Lipinski definition) is 3. The van der Waals surface area contributed by atoms with E-state index in [1.165, 1.54) is 5.56 Å². The van der Waals surface area contributed by atoms with Crippen LogP contribution in [0, 0.1) is 6.92 Å². The van der Waals surface area contributed by atoms with Crippen molar-refractivity contribution in [3.8, 4) is 5.75 Å². The van der Waals surface area contributed by atoms with Crippen molar-refractivity contribution in [2.75, 3.05) is 14.2 Å². The predicted molar refractivity (Wildman–Crippen MR) is 84.8 cm³/mol. The van der Waals surface area contributed by atoms with Gasteiger partial charge in [-0.15, -0.1) is 0 Å². The van der Waals surface area contributed by atoms with E-state index in [1.807, 2.05) is 31.2 Å². The summed E-state index contributed by atoms with van der Waals surface area (Å²) < 4.78 is 6.37. The van der Waals surface area contributed by atoms with E-state index < -0.39 is 0 Å². The molecule has 0 spiro atoms. The number of aryl methyl sites for hydroxylation is 1. The van der Waals surface area contributed by atoms with Gasteiger partial charge in [-0.25, -0.2) is 0 Å². The van der Waals surface area contributed by atoms with Crippen LogP contribution in [-0.4, -0.2) is 24.0 Å². The van der Waals surface area contributed by atoms with Gasteiger partial charge in [-0.2, -0.15) is 0 Å². The summed E-state index contributed by atoms with van der Waals surface area (Å²) in [6, 6.07) is 12.2. The number of benzene rings is 1. The maximum absolute atomic E-state index is 5.27. The number of nitrogens with zero attached hydrogens (tertiary/aromatic N) is 2. The number of ether oxygens (including phenoxy) is 1. The Morgan fingerprint density at radius 1 is 1.20 bits per heavy atom. The van der Waals surface area contributed by atoms with Crippen molar-refractivity contribution in [1.82, 2.24) is 9.88 Å². The van der Waals surface area contributed by atoms with Crippen molar-refractivity contribution >= 4 is 15.9 Å². The maximum atomic E-state index is 5.27. The second kappa shape index (κ2) is 6.86. The van der Waals surface area contributed by atoms with Crippen LogP contribution in [0.4, 0.5) is 0 Å². The van der Waals surface area contributed by atoms with Gasteiger partial charge in [0.15, 0.2) is 0 Å². The van der Waals surface area contributed by atoms with Gasteiger partial charge in [0, 0.05) is 23.3 Å². The minimum Gasteiger partial charge on any atom is -0.497 e. The van der Waals surface area contributed by atoms with Crippen LogP contribution < -0.4 is 4.74 Å². The number of pyridine rings is 1. The van der Waals surface area contributed by atoms with E-state index in [4.69, 9.17) is 4.74 Å². The summed E-state index contributed by atoms with van der Waals surface area (Å²) in [5.41, 5.74) is 3.35. The average Bonchev–Trinajstić information content (AvgIpc) is 2.41. The fraction of sp³-hybridized carbons (Fsp3) is 0.312. The number of halogens is 1. The summed E-state index contributed by atoms with van der Waals surface area (Å²) in [7, 11) is 3.78. The maximum Gasteiger partial charge on any atom is 0.119 e. The molecule has 2 aromatic rings. The standard InChI is InChI=1S/C16H19BrN2O/c1-12-5-4-6-14(18-12)11-19(2)10-13-9-15(20-3)7-8-16(13)17/h4-9H,10-11H2,1-3H3. The van der Waals surface area contributed by atoms with Crippen LogP contribution in [-0.2, 0) is 13.1 Å². The van der Waals surface area contributed by atoms with Crippen LogP contribution in [0.1, 0.15) is 17.0 Å². The second-order valence-electron chi connectivity index (χ2n) is 4.90. The third-order valence-corrected chi connectivity index (χ3v) is 3.84. The number of rotatable bonds is 5. The highest BCUT2D eigenvalue weighted by Gasteiger charge is 2.07. The molecule has 4 heteroatoms. The molecule has 0 bridgehead atoms. The van der Waals surface area contributed by atoms with Crippen LogP contribution in [0.25, 0.3) is 0 Å². The zero-order valence-corrected chi connectivity index (χ0v) is 13.6. The summed E-state index contributed by atoms with van der Waals surface area (Å²) in [5.74, 6) is 0.880. The fourth-order valence-electron chi connectivity index (χ4n) is 2.11. The molecular formula is C16H19BrN2O. The van der Waals surface area contributed by atoms with Gasteiger partial charge in [-0.05, 0) is 49.9 Å². The Morgan fingerprint density at radius 2 is 2.00 bits per heavy atom. The molecule has 106 valence electrons. The van der Waals surface area contributed by atoms with Crippen molar-refractivity contribution in [3.05, 3.63) is 57.8 Å². The van der Waals surface area contributed by atoms with Crippen LogP contribution >= 0.6 is 15.9 Å². The van der Waals surface area contributed by atoms with Crippen LogP contribution in [0.5, 0.6) is 5.75 Å². The van der Waals surface area contributed by atoms with Crippen molar-refractivity contribution in [2.45, 2.75) is 20.0 Å². The Hall–Kier alpha value is -1.39. The first-order valence-electron chi connectivity index (χ1n) is 6.52. The molecule has 1 heterocycles. The highest BCUT2D eigenvalue weighted by molar-refractivity contribution is 9.10. The van der Waals surface area contributed by atoms with Gasteiger partial charge in [-0.1, -0.05) is 22.0 Å². The van der Waals surface area contributed by atoms with E-state index in [-0.39, 0.29) is 0 Å². The molecule has 1 aromatic heterocycles. The van der Waals surface area contributed by atoms with Crippen LogP contribution in [0.2, 0.25) is 0 Å². The van der Waals surface area contributed by atoms with E-state index in [2.05, 4.69) is 45.0 Å². The summed E-state index contributed by atoms with van der Waals surface area (Å²) in [6.45, 7) is 3.68. The topological polar surface area (TPSA) is 25.4 Å². The molecule has 3 nitrogen and oxygen atoms in total. The van der Waals surface area contributed by atoms with E-state index in [9.17, 15) is 0 Å². The molecular weight excluding hydrogens is 316 g/mol. The minimum absolute atomic E-state index is 0.825. The Bertz CT molecular complexity index is 586. The minimum atomic E-state index is 0.825. The summed E-state index contributed by atoms with van der Waals surface area (Å²) >= 11 is 3.59. The number of hydrogen-bond donors (Lipinski definition) is 0. The molecule has 0 N–H and O–H groups in total. The summed E-state index contributed by atoms with van der Waals surface area (Å²) in [4.78, 5) is 6.77. The summed E-state index contributed by atoms with van der Waals surface area (Å²) in [6.07, 6.45) is 0. The summed E-state index contributed by atoms with van der Waals surface area (Å²) in [5, 5.41) is 0. The van der Waals surface area contributed by atoms with Gasteiger partial charge < -0.3 is 4.74 Å². The zero-order chi connectivity index (χ0) is 14.5. The first-order valence-corrected chi connectivity index (χ1v) is 7.31. The van der Waals surface area contributed by atoms with Crippen molar-refractivity contribution in [3.63, 3.8) is 0 Å². The second-order valence-corrected chi connectivity index (χ2v) is 5.75. The van der Waals surface area contributed by atoms with E-state index in [0.29, 0.717) is 0 Å². The SMILES string of the molecule is COc1ccc(Br)c(CN(C)Cc2cccc(C)n2)c1. The molecule has 0 amide bonds. The van der Waals surface area contributed by atoms with Crippen LogP contribution in [0.15, 0.2) is 40.9 Å². The molecule has 0 saturated heterocycles. The van der Waals surface area contributed by atoms with Crippen molar-refractivity contribution in [1.29, 1.82) is 0 Å². The Kier molecular flexibility index (Phi) is 5.15. The molecule has 0 atom stereocenters. The lowest BCUT2D eigenvalue weighted by atomic mass is 10.2. The third kappa shape index (κ3) is 4.05. The zero-order valence-electron chi connectivity index (χ0n) is 12.1. The fourth-order valence-corrected chi connectivity index (χ4v) is 2.48. The highest BCUT2D eigenvalue weighted by Crippen LogP contribution is 2.23. The van der Waals surface area contributed by atoms with E-state index in [0.717, 1.165) is 34.7 Å². The normalized spacial score (nSPS) is 10.8. The number of aromatic nitrogens is 1. The lowest BCUT2D eigenvalue weighted by molar-refractivity contribution is 0.313. The van der Waals surface area contributed by atoms with Crippen molar-refractivity contribution < 1.29 is 4.74 Å². The molecule has 0 aliphatic carbocycles. The van der Waals surface area contributed by atoms with Crippen LogP contribution in [0.3, 0.4) is 0 Å². The monoisotopic (exact) mass is 334 g/mol. The van der Waals surface area contributed by atoms with Gasteiger partial charge >= 0.3 is 0 Å². The first kappa shape index (κ1) is 15.0. The van der Waals surface area contributed by atoms with Gasteiger partial charge in [0.25, 0.3) is 0 Å². The first-order chi connectivity index (χ1) is 9.58. The highest BCUT2D eigenvalue weighted by atomic mass is 79.9. The van der Waals surface area contributed by atoms with Gasteiger partial charge in [0.1, 0.15) is 5.75 Å². The van der Waals surface area contributed by atoms with Gasteiger partial charge in [-0.3, -0.25) is 9.88 Å². The molecule has 0 saturated carbocycles. The molecule has 20 heavy (non-hydrogen) atoms. The lowest BCUT2D eigenvalue weighted by Crippen LogP contribution is -2.18. The average molecular weight is 335 g/mol. The molecule has 0 aliphatic heterocycles. The Morgan fingerprint density at radius 3 is 2.70 bits per heavy atom. The van der Waals surface area contributed by atoms with Crippen molar-refractivity contribution in [2.24, 2.45) is 0 Å². The Labute approximate surface area is 128 Å². The smallest absolute Gasteiger partial charge is 0.119 e. The molecule has 2 rings (SSSR count). The van der Waals surface area contributed by atoms with Gasteiger partial charge in [0.2, 0.25) is 0 Å². The molecule has 0 fully saturated rings. The molecule has 0 radical (unpaired) electrons. The van der Waals surface area contributed by atoms with E-state index >= 15 is 0 Å². The number of methoxy groups -OCH3 is 1. The third-order valence-electron chi connectivity index (χ3n) is 3.07.